The molecule has 1 aliphatic rings. The number of halogens is 1. The topological polar surface area (TPSA) is 105 Å². The third-order valence-electron chi connectivity index (χ3n) is 5.58. The predicted molar refractivity (Wildman–Crippen MR) is 134 cm³/mol. The van der Waals surface area contributed by atoms with E-state index in [0.29, 0.717) is 36.7 Å². The molecule has 0 aliphatic carbocycles. The lowest BCUT2D eigenvalue weighted by molar-refractivity contribution is -0.140. The second kappa shape index (κ2) is 11.6. The molecule has 3 rings (SSSR count). The number of carbonyl (C=O) groups is 2. The number of ether oxygens (including phenoxy) is 2. The molecule has 2 aromatic rings. The van der Waals surface area contributed by atoms with Gasteiger partial charge < -0.3 is 19.7 Å². The van der Waals surface area contributed by atoms with E-state index in [2.05, 4.69) is 5.32 Å². The van der Waals surface area contributed by atoms with E-state index < -0.39 is 34.3 Å². The highest BCUT2D eigenvalue weighted by atomic mass is 32.2. The van der Waals surface area contributed by atoms with Crippen LogP contribution in [0.3, 0.4) is 0 Å². The summed E-state index contributed by atoms with van der Waals surface area (Å²) in [4.78, 5) is 27.9. The first-order valence-electron chi connectivity index (χ1n) is 11.7. The lowest BCUT2D eigenvalue weighted by atomic mass is 10.1. The van der Waals surface area contributed by atoms with Gasteiger partial charge in [0.25, 0.3) is 0 Å². The molecule has 1 atom stereocenters. The fourth-order valence-electron chi connectivity index (χ4n) is 3.89. The Bertz CT molecular complexity index is 1190. The Kier molecular flexibility index (Phi) is 8.78. The van der Waals surface area contributed by atoms with Gasteiger partial charge in [-0.3, -0.25) is 13.9 Å². The fraction of sp³-hybridized carbons (Fsp3) is 0.440. The van der Waals surface area contributed by atoms with Crippen molar-refractivity contribution in [1.82, 2.24) is 10.2 Å². The summed E-state index contributed by atoms with van der Waals surface area (Å²) in [7, 11) is -3.88. The van der Waals surface area contributed by atoms with Gasteiger partial charge in [0.2, 0.25) is 21.8 Å². The number of carbonyl (C=O) groups excluding carboxylic acids is 2. The number of sulfonamides is 1. The fourth-order valence-corrected chi connectivity index (χ4v) is 4.73. The SMILES string of the molecule is CCC(C(=O)NC(C)C)N(Cc1ccc(F)cc1)C(=O)CN(c1ccc2c(c1)OCCO2)S(C)(=O)=O. The largest absolute Gasteiger partial charge is 0.486 e. The Morgan fingerprint density at radius 1 is 1.06 bits per heavy atom. The summed E-state index contributed by atoms with van der Waals surface area (Å²) in [6, 6.07) is 9.22. The standard InChI is InChI=1S/C25H32FN3O6S/c1-5-21(25(31)27-17(2)3)28(15-18-6-8-19(26)9-7-18)24(30)16-29(36(4,32)33)20-10-11-22-23(14-20)35-13-12-34-22/h6-11,14,17,21H,5,12-13,15-16H2,1-4H3,(H,27,31). The van der Waals surface area contributed by atoms with Gasteiger partial charge >= 0.3 is 0 Å². The third-order valence-corrected chi connectivity index (χ3v) is 6.72. The molecule has 2 aromatic carbocycles. The maximum Gasteiger partial charge on any atom is 0.244 e. The molecule has 0 bridgehead atoms. The number of anilines is 1. The van der Waals surface area contributed by atoms with Gasteiger partial charge in [-0.1, -0.05) is 19.1 Å². The Labute approximate surface area is 211 Å². The quantitative estimate of drug-likeness (QED) is 0.516. The molecule has 1 aliphatic heterocycles. The van der Waals surface area contributed by atoms with Gasteiger partial charge in [0.05, 0.1) is 11.9 Å². The smallest absolute Gasteiger partial charge is 0.244 e. The first kappa shape index (κ1) is 27.3. The van der Waals surface area contributed by atoms with E-state index in [0.717, 1.165) is 10.6 Å². The van der Waals surface area contributed by atoms with E-state index in [1.165, 1.54) is 41.3 Å². The molecular formula is C25H32FN3O6S. The van der Waals surface area contributed by atoms with Gasteiger partial charge in [-0.25, -0.2) is 12.8 Å². The monoisotopic (exact) mass is 521 g/mol. The Morgan fingerprint density at radius 2 is 1.69 bits per heavy atom. The van der Waals surface area contributed by atoms with Crippen molar-refractivity contribution in [2.75, 3.05) is 30.3 Å². The van der Waals surface area contributed by atoms with Gasteiger partial charge in [-0.15, -0.1) is 0 Å². The number of nitrogens with zero attached hydrogens (tertiary/aromatic N) is 2. The molecule has 0 spiro atoms. The van der Waals surface area contributed by atoms with Crippen molar-refractivity contribution in [2.24, 2.45) is 0 Å². The van der Waals surface area contributed by atoms with Gasteiger partial charge in [-0.05, 0) is 50.1 Å². The zero-order chi connectivity index (χ0) is 26.5. The first-order valence-corrected chi connectivity index (χ1v) is 13.6. The zero-order valence-corrected chi connectivity index (χ0v) is 21.7. The lowest BCUT2D eigenvalue weighted by Crippen LogP contribution is -2.53. The highest BCUT2D eigenvalue weighted by Gasteiger charge is 2.32. The van der Waals surface area contributed by atoms with Gasteiger partial charge in [0, 0.05) is 18.7 Å². The van der Waals surface area contributed by atoms with Crippen LogP contribution in [0.15, 0.2) is 42.5 Å². The summed E-state index contributed by atoms with van der Waals surface area (Å²) in [5.74, 6) is -0.494. The summed E-state index contributed by atoms with van der Waals surface area (Å²) in [6.07, 6.45) is 1.30. The molecule has 1 heterocycles. The molecule has 0 fully saturated rings. The van der Waals surface area contributed by atoms with Gasteiger partial charge in [0.15, 0.2) is 11.5 Å². The molecule has 0 saturated carbocycles. The van der Waals surface area contributed by atoms with Crippen LogP contribution < -0.4 is 19.1 Å². The van der Waals surface area contributed by atoms with Crippen molar-refractivity contribution in [2.45, 2.75) is 45.8 Å². The van der Waals surface area contributed by atoms with E-state index in [-0.39, 0.29) is 24.2 Å². The zero-order valence-electron chi connectivity index (χ0n) is 20.9. The summed E-state index contributed by atoms with van der Waals surface area (Å²) in [5, 5.41) is 2.82. The summed E-state index contributed by atoms with van der Waals surface area (Å²) >= 11 is 0. The lowest BCUT2D eigenvalue weighted by Gasteiger charge is -2.33. The van der Waals surface area contributed by atoms with Crippen LogP contribution in [0.2, 0.25) is 0 Å². The van der Waals surface area contributed by atoms with Crippen LogP contribution in [0.25, 0.3) is 0 Å². The van der Waals surface area contributed by atoms with Crippen molar-refractivity contribution in [1.29, 1.82) is 0 Å². The number of hydrogen-bond acceptors (Lipinski definition) is 6. The summed E-state index contributed by atoms with van der Waals surface area (Å²) in [5.41, 5.74) is 0.835. The maximum atomic E-state index is 13.6. The minimum absolute atomic E-state index is 0.00186. The third kappa shape index (κ3) is 6.87. The molecule has 0 aromatic heterocycles. The van der Waals surface area contributed by atoms with Crippen LogP contribution in [0.1, 0.15) is 32.8 Å². The number of benzene rings is 2. The average Bonchev–Trinajstić information content (AvgIpc) is 2.82. The minimum atomic E-state index is -3.88. The van der Waals surface area contributed by atoms with Gasteiger partial charge in [0.1, 0.15) is 31.6 Å². The van der Waals surface area contributed by atoms with E-state index in [4.69, 9.17) is 9.47 Å². The highest BCUT2D eigenvalue weighted by molar-refractivity contribution is 7.92. The number of nitrogens with one attached hydrogen (secondary N) is 1. The van der Waals surface area contributed by atoms with Crippen molar-refractivity contribution < 1.29 is 31.9 Å². The van der Waals surface area contributed by atoms with Gasteiger partial charge in [-0.2, -0.15) is 0 Å². The molecular weight excluding hydrogens is 489 g/mol. The van der Waals surface area contributed by atoms with E-state index in [9.17, 15) is 22.4 Å². The molecule has 0 radical (unpaired) electrons. The van der Waals surface area contributed by atoms with Crippen LogP contribution >= 0.6 is 0 Å². The second-order valence-electron chi connectivity index (χ2n) is 8.83. The minimum Gasteiger partial charge on any atom is -0.486 e. The van der Waals surface area contributed by atoms with Crippen molar-refractivity contribution in [3.8, 4) is 11.5 Å². The molecule has 2 amide bonds. The van der Waals surface area contributed by atoms with Crippen LogP contribution in [-0.2, 0) is 26.2 Å². The molecule has 196 valence electrons. The first-order chi connectivity index (χ1) is 17.0. The normalized spacial score (nSPS) is 13.7. The number of fused-ring (bicyclic) bond motifs is 1. The van der Waals surface area contributed by atoms with E-state index in [1.807, 2.05) is 13.8 Å². The summed E-state index contributed by atoms with van der Waals surface area (Å²) < 4.78 is 51.0. The van der Waals surface area contributed by atoms with Crippen molar-refractivity contribution in [3.05, 3.63) is 53.8 Å². The van der Waals surface area contributed by atoms with Crippen molar-refractivity contribution >= 4 is 27.5 Å². The van der Waals surface area contributed by atoms with Crippen LogP contribution in [0.4, 0.5) is 10.1 Å². The van der Waals surface area contributed by atoms with E-state index >= 15 is 0 Å². The van der Waals surface area contributed by atoms with Crippen molar-refractivity contribution in [3.63, 3.8) is 0 Å². The average molecular weight is 522 g/mol. The second-order valence-corrected chi connectivity index (χ2v) is 10.7. The Morgan fingerprint density at radius 3 is 2.28 bits per heavy atom. The number of hydrogen-bond donors (Lipinski definition) is 1. The molecule has 0 saturated heterocycles. The molecule has 1 unspecified atom stereocenters. The molecule has 36 heavy (non-hydrogen) atoms. The van der Waals surface area contributed by atoms with Crippen LogP contribution in [0.5, 0.6) is 11.5 Å². The number of amides is 2. The van der Waals surface area contributed by atoms with Crippen LogP contribution in [0, 0.1) is 5.82 Å². The maximum absolute atomic E-state index is 13.6. The Balaban J connectivity index is 1.95. The molecule has 9 nitrogen and oxygen atoms in total. The number of rotatable bonds is 10. The summed E-state index contributed by atoms with van der Waals surface area (Å²) in [6.45, 7) is 5.56. The predicted octanol–water partition coefficient (Wildman–Crippen LogP) is 2.69. The highest BCUT2D eigenvalue weighted by Crippen LogP contribution is 2.34. The molecule has 11 heteroatoms. The Hall–Kier alpha value is -3.34. The molecule has 1 N–H and O–H groups in total. The van der Waals surface area contributed by atoms with E-state index in [1.54, 1.807) is 13.0 Å². The van der Waals surface area contributed by atoms with Crippen LogP contribution in [-0.4, -0.2) is 63.2 Å².